The van der Waals surface area contributed by atoms with Crippen LogP contribution in [-0.4, -0.2) is 0 Å². The van der Waals surface area contributed by atoms with Gasteiger partial charge < -0.3 is 0 Å². The second-order valence-corrected chi connectivity index (χ2v) is 3.74. The average Bonchev–Trinajstić information content (AvgIpc) is 2.71. The minimum absolute atomic E-state index is 1.17. The van der Waals surface area contributed by atoms with Gasteiger partial charge in [0.15, 0.2) is 0 Å². The van der Waals surface area contributed by atoms with E-state index in [0.29, 0.717) is 0 Å². The van der Waals surface area contributed by atoms with Gasteiger partial charge in [-0.1, -0.05) is 72.6 Å². The summed E-state index contributed by atoms with van der Waals surface area (Å²) in [5, 5.41) is 0. The molecular weight excluding hydrogens is 156 g/mol. The van der Waals surface area contributed by atoms with Crippen LogP contribution in [-0.2, 0) is 0 Å². The lowest BCUT2D eigenvalue weighted by Crippen LogP contribution is -2.12. The summed E-state index contributed by atoms with van der Waals surface area (Å²) in [6.07, 6.45) is 10.8. The van der Waals surface area contributed by atoms with E-state index in [1.807, 2.05) is 27.7 Å². The van der Waals surface area contributed by atoms with Gasteiger partial charge in [-0.3, -0.25) is 0 Å². The van der Waals surface area contributed by atoms with Gasteiger partial charge in [0.25, 0.3) is 0 Å². The fourth-order valence-corrected chi connectivity index (χ4v) is 2.69. The van der Waals surface area contributed by atoms with Gasteiger partial charge in [-0.15, -0.1) is 0 Å². The number of hydrogen-bond acceptors (Lipinski definition) is 0. The van der Waals surface area contributed by atoms with Crippen LogP contribution in [0.3, 0.4) is 0 Å². The Morgan fingerprint density at radius 2 is 0.846 bits per heavy atom. The van der Waals surface area contributed by atoms with Crippen molar-refractivity contribution in [3.05, 3.63) is 0 Å². The average molecular weight is 184 g/mol. The molecule has 13 heavy (non-hydrogen) atoms. The summed E-state index contributed by atoms with van der Waals surface area (Å²) in [5.41, 5.74) is 0. The van der Waals surface area contributed by atoms with Crippen molar-refractivity contribution >= 4 is 0 Å². The summed E-state index contributed by atoms with van der Waals surface area (Å²) >= 11 is 0. The highest BCUT2D eigenvalue weighted by molar-refractivity contribution is 4.80. The fourth-order valence-electron chi connectivity index (χ4n) is 2.69. The highest BCUT2D eigenvalue weighted by Gasteiger charge is 2.28. The normalized spacial score (nSPS) is 30.5. The third kappa shape index (κ3) is 4.15. The molecule has 2 aliphatic rings. The minimum atomic E-state index is 1.17. The summed E-state index contributed by atoms with van der Waals surface area (Å²) in [6, 6.07) is 0. The van der Waals surface area contributed by atoms with Gasteiger partial charge in [-0.05, 0) is 11.8 Å². The molecule has 0 saturated heterocycles. The summed E-state index contributed by atoms with van der Waals surface area (Å²) in [5.74, 6) is 2.33. The van der Waals surface area contributed by atoms with Crippen LogP contribution in [0.4, 0.5) is 0 Å². The van der Waals surface area contributed by atoms with Crippen molar-refractivity contribution in [3.63, 3.8) is 0 Å². The Labute approximate surface area is 85.1 Å². The second-order valence-electron chi connectivity index (χ2n) is 3.74. The van der Waals surface area contributed by atoms with E-state index < -0.39 is 0 Å². The topological polar surface area (TPSA) is 0 Å². The quantitative estimate of drug-likeness (QED) is 0.495. The van der Waals surface area contributed by atoms with Crippen molar-refractivity contribution in [2.75, 3.05) is 0 Å². The van der Waals surface area contributed by atoms with Crippen LogP contribution in [0, 0.1) is 11.8 Å². The van der Waals surface area contributed by atoms with Gasteiger partial charge in [-0.25, -0.2) is 0 Å². The Kier molecular flexibility index (Phi) is 8.59. The Hall–Kier alpha value is 0. The summed E-state index contributed by atoms with van der Waals surface area (Å²) < 4.78 is 0. The molecule has 2 fully saturated rings. The predicted molar refractivity (Wildman–Crippen MR) is 62.0 cm³/mol. The molecule has 2 rings (SSSR count). The van der Waals surface area contributed by atoms with Gasteiger partial charge in [-0.2, -0.15) is 0 Å². The van der Waals surface area contributed by atoms with Gasteiger partial charge in [0.2, 0.25) is 0 Å². The van der Waals surface area contributed by atoms with E-state index >= 15 is 0 Å². The maximum atomic E-state index is 2.00. The van der Waals surface area contributed by atoms with Crippen molar-refractivity contribution in [1.29, 1.82) is 0 Å². The van der Waals surface area contributed by atoms with E-state index in [2.05, 4.69) is 0 Å². The third-order valence-electron chi connectivity index (χ3n) is 3.22. The van der Waals surface area contributed by atoms with Crippen molar-refractivity contribution < 1.29 is 0 Å². The predicted octanol–water partition coefficient (Wildman–Crippen LogP) is 5.03. The Morgan fingerprint density at radius 1 is 0.538 bits per heavy atom. The van der Waals surface area contributed by atoms with Crippen LogP contribution >= 0.6 is 0 Å². The molecule has 2 atom stereocenters. The Bertz CT molecular complexity index is 84.2. The zero-order valence-corrected chi connectivity index (χ0v) is 10.1. The molecule has 0 aromatic carbocycles. The van der Waals surface area contributed by atoms with Crippen LogP contribution < -0.4 is 0 Å². The number of fused-ring (bicyclic) bond motifs is 1. The van der Waals surface area contributed by atoms with Crippen LogP contribution in [0.1, 0.15) is 72.6 Å². The van der Waals surface area contributed by atoms with Crippen LogP contribution in [0.25, 0.3) is 0 Å². The molecule has 0 spiro atoms. The Morgan fingerprint density at radius 3 is 1.23 bits per heavy atom. The second kappa shape index (κ2) is 8.59. The lowest BCUT2D eigenvalue weighted by atomic mass is 9.82. The summed E-state index contributed by atoms with van der Waals surface area (Å²) in [7, 11) is 0. The van der Waals surface area contributed by atoms with E-state index in [1.165, 1.54) is 31.1 Å². The van der Waals surface area contributed by atoms with E-state index in [0.717, 1.165) is 0 Å². The fraction of sp³-hybridized carbons (Fsp3) is 1.00. The zero-order chi connectivity index (χ0) is 10.1. The first kappa shape index (κ1) is 13.0. The molecule has 0 aliphatic heterocycles. The Balaban J connectivity index is 0.000000322. The summed E-state index contributed by atoms with van der Waals surface area (Å²) in [4.78, 5) is 0. The summed E-state index contributed by atoms with van der Waals surface area (Å²) in [6.45, 7) is 8.00. The molecule has 0 N–H and O–H groups in total. The highest BCUT2D eigenvalue weighted by atomic mass is 14.3. The lowest BCUT2D eigenvalue weighted by molar-refractivity contribution is 0.277. The molecule has 80 valence electrons. The van der Waals surface area contributed by atoms with Crippen molar-refractivity contribution in [1.82, 2.24) is 0 Å². The van der Waals surface area contributed by atoms with Crippen LogP contribution in [0.15, 0.2) is 0 Å². The molecule has 0 amide bonds. The van der Waals surface area contributed by atoms with Crippen molar-refractivity contribution in [2.24, 2.45) is 11.8 Å². The monoisotopic (exact) mass is 184 g/mol. The molecule has 2 unspecified atom stereocenters. The zero-order valence-electron chi connectivity index (χ0n) is 10.1. The molecule has 0 heterocycles. The molecule has 2 aliphatic carbocycles. The molecule has 0 heteroatoms. The molecule has 0 bridgehead atoms. The first-order valence-corrected chi connectivity index (χ1v) is 6.47. The van der Waals surface area contributed by atoms with Crippen LogP contribution in [0.5, 0.6) is 0 Å². The first-order chi connectivity index (χ1) is 6.47. The SMILES string of the molecule is C1CCC2CCCC2C1.CC.CC. The van der Waals surface area contributed by atoms with Crippen LogP contribution in [0.2, 0.25) is 0 Å². The number of hydrogen-bond donors (Lipinski definition) is 0. The third-order valence-corrected chi connectivity index (χ3v) is 3.22. The van der Waals surface area contributed by atoms with E-state index in [9.17, 15) is 0 Å². The molecule has 2 saturated carbocycles. The molecule has 0 aromatic rings. The van der Waals surface area contributed by atoms with E-state index in [4.69, 9.17) is 0 Å². The molecule has 0 aromatic heterocycles. The maximum Gasteiger partial charge on any atom is -0.0386 e. The van der Waals surface area contributed by atoms with Gasteiger partial charge >= 0.3 is 0 Å². The van der Waals surface area contributed by atoms with Crippen molar-refractivity contribution in [3.8, 4) is 0 Å². The largest absolute Gasteiger partial charge is 0.0683 e. The smallest absolute Gasteiger partial charge is 0.0386 e. The lowest BCUT2D eigenvalue weighted by Gasteiger charge is -2.24. The molecule has 0 radical (unpaired) electrons. The maximum absolute atomic E-state index is 2.00. The molecule has 0 nitrogen and oxygen atoms in total. The first-order valence-electron chi connectivity index (χ1n) is 6.47. The minimum Gasteiger partial charge on any atom is -0.0683 e. The van der Waals surface area contributed by atoms with E-state index in [1.54, 1.807) is 25.7 Å². The van der Waals surface area contributed by atoms with Gasteiger partial charge in [0.1, 0.15) is 0 Å². The van der Waals surface area contributed by atoms with Gasteiger partial charge in [0.05, 0.1) is 0 Å². The van der Waals surface area contributed by atoms with Crippen molar-refractivity contribution in [2.45, 2.75) is 72.6 Å². The van der Waals surface area contributed by atoms with E-state index in [-0.39, 0.29) is 0 Å². The number of rotatable bonds is 0. The molecular formula is C13H28. The highest BCUT2D eigenvalue weighted by Crippen LogP contribution is 2.41. The van der Waals surface area contributed by atoms with Gasteiger partial charge in [0, 0.05) is 0 Å². The standard InChI is InChI=1S/C9H16.2C2H6/c1-2-5-9-7-3-6-8(9)4-1;2*1-2/h8-9H,1-7H2;2*1-2H3.